The van der Waals surface area contributed by atoms with Crippen molar-refractivity contribution in [3.63, 3.8) is 0 Å². The van der Waals surface area contributed by atoms with Crippen molar-refractivity contribution < 1.29 is 13.2 Å². The third-order valence-corrected chi connectivity index (χ3v) is 5.23. The first kappa shape index (κ1) is 25.9. The highest BCUT2D eigenvalue weighted by atomic mass is 35.5. The van der Waals surface area contributed by atoms with E-state index in [1.165, 1.54) is 6.07 Å². The summed E-state index contributed by atoms with van der Waals surface area (Å²) in [6, 6.07) is 9.02. The number of halogens is 5. The molecule has 1 aromatic heterocycles. The molecule has 0 spiro atoms. The second-order valence-corrected chi connectivity index (χ2v) is 8.03. The molecule has 1 N–H and O–H groups in total. The molecule has 0 aliphatic rings. The highest BCUT2D eigenvalue weighted by molar-refractivity contribution is 6.42. The van der Waals surface area contributed by atoms with Gasteiger partial charge in [-0.1, -0.05) is 48.8 Å². The Morgan fingerprint density at radius 3 is 2.44 bits per heavy atom. The van der Waals surface area contributed by atoms with Gasteiger partial charge in [0.1, 0.15) is 5.82 Å². The SMILES string of the molecule is C.CN(C)CCCNc1nc(/C=C/c2ccc(Cl)c(Cl)c2)nc2c(C(F)(F)F)cccc12. The standard InChI is InChI=1S/C22H21Cl2F3N4.CH4/c1-31(2)12-4-11-28-21-15-5-3-6-16(22(25,26)27)20(15)29-19(30-21)10-8-14-7-9-17(23)18(24)13-14;/h3,5-10,13H,4,11-12H2,1-2H3,(H,28,29,30);1H4/b10-8+;. The van der Waals surface area contributed by atoms with E-state index in [0.29, 0.717) is 27.8 Å². The van der Waals surface area contributed by atoms with E-state index in [9.17, 15) is 13.2 Å². The molecule has 172 valence electrons. The summed E-state index contributed by atoms with van der Waals surface area (Å²) in [6.45, 7) is 1.41. The molecular weight excluding hydrogens is 460 g/mol. The zero-order valence-electron chi connectivity index (χ0n) is 17.0. The van der Waals surface area contributed by atoms with Crippen LogP contribution < -0.4 is 5.32 Å². The Morgan fingerprint density at radius 2 is 1.78 bits per heavy atom. The van der Waals surface area contributed by atoms with Gasteiger partial charge in [-0.05, 0) is 63.0 Å². The van der Waals surface area contributed by atoms with Gasteiger partial charge in [-0.15, -0.1) is 0 Å². The Labute approximate surface area is 196 Å². The van der Waals surface area contributed by atoms with Crippen LogP contribution in [0.2, 0.25) is 10.0 Å². The quantitative estimate of drug-likeness (QED) is 0.362. The van der Waals surface area contributed by atoms with Gasteiger partial charge in [0.25, 0.3) is 0 Å². The molecule has 0 aliphatic carbocycles. The largest absolute Gasteiger partial charge is 0.418 e. The smallest absolute Gasteiger partial charge is 0.369 e. The van der Waals surface area contributed by atoms with Crippen molar-refractivity contribution >= 4 is 52.1 Å². The van der Waals surface area contributed by atoms with Gasteiger partial charge < -0.3 is 10.2 Å². The highest BCUT2D eigenvalue weighted by Gasteiger charge is 2.33. The summed E-state index contributed by atoms with van der Waals surface area (Å²) in [5.74, 6) is 0.522. The normalized spacial score (nSPS) is 11.9. The number of para-hydroxylation sites is 1. The molecule has 0 fully saturated rings. The van der Waals surface area contributed by atoms with E-state index in [0.717, 1.165) is 24.6 Å². The van der Waals surface area contributed by atoms with Crippen LogP contribution >= 0.6 is 23.2 Å². The maximum atomic E-state index is 13.6. The maximum absolute atomic E-state index is 13.6. The molecule has 9 heteroatoms. The first-order chi connectivity index (χ1) is 14.6. The molecule has 0 atom stereocenters. The van der Waals surface area contributed by atoms with Gasteiger partial charge in [-0.2, -0.15) is 13.2 Å². The van der Waals surface area contributed by atoms with Crippen molar-refractivity contribution in [1.29, 1.82) is 0 Å². The van der Waals surface area contributed by atoms with Crippen LogP contribution in [-0.4, -0.2) is 42.1 Å². The molecule has 0 amide bonds. The van der Waals surface area contributed by atoms with Crippen molar-refractivity contribution in [3.8, 4) is 0 Å². The maximum Gasteiger partial charge on any atom is 0.418 e. The summed E-state index contributed by atoms with van der Waals surface area (Å²) in [7, 11) is 3.92. The fraction of sp³-hybridized carbons (Fsp3) is 0.304. The summed E-state index contributed by atoms with van der Waals surface area (Å²) < 4.78 is 40.7. The van der Waals surface area contributed by atoms with Gasteiger partial charge >= 0.3 is 6.18 Å². The lowest BCUT2D eigenvalue weighted by Crippen LogP contribution is -2.17. The number of nitrogens with zero attached hydrogens (tertiary/aromatic N) is 3. The van der Waals surface area contributed by atoms with E-state index < -0.39 is 11.7 Å². The van der Waals surface area contributed by atoms with E-state index in [4.69, 9.17) is 23.2 Å². The first-order valence-electron chi connectivity index (χ1n) is 9.55. The number of benzene rings is 2. The molecule has 1 heterocycles. The molecule has 3 aromatic rings. The highest BCUT2D eigenvalue weighted by Crippen LogP contribution is 2.35. The molecule has 0 unspecified atom stereocenters. The average Bonchev–Trinajstić information content (AvgIpc) is 2.70. The monoisotopic (exact) mass is 484 g/mol. The van der Waals surface area contributed by atoms with E-state index in [-0.39, 0.29) is 18.8 Å². The molecular formula is C23H25Cl2F3N4. The van der Waals surface area contributed by atoms with Gasteiger partial charge in [-0.3, -0.25) is 0 Å². The molecule has 2 aromatic carbocycles. The number of fused-ring (bicyclic) bond motifs is 1. The fourth-order valence-electron chi connectivity index (χ4n) is 3.00. The van der Waals surface area contributed by atoms with Crippen molar-refractivity contribution in [2.75, 3.05) is 32.5 Å². The Kier molecular flexibility index (Phi) is 8.89. The third kappa shape index (κ3) is 6.58. The summed E-state index contributed by atoms with van der Waals surface area (Å²) in [5.41, 5.74) is -0.218. The van der Waals surface area contributed by atoms with Crippen molar-refractivity contribution in [3.05, 3.63) is 63.4 Å². The van der Waals surface area contributed by atoms with E-state index in [1.807, 2.05) is 19.0 Å². The Morgan fingerprint density at radius 1 is 1.03 bits per heavy atom. The molecule has 0 radical (unpaired) electrons. The number of hydrogen-bond donors (Lipinski definition) is 1. The minimum atomic E-state index is -4.53. The summed E-state index contributed by atoms with van der Waals surface area (Å²) in [5, 5.41) is 4.28. The average molecular weight is 485 g/mol. The predicted octanol–water partition coefficient (Wildman–Crippen LogP) is 7.13. The summed E-state index contributed by atoms with van der Waals surface area (Å²) in [6.07, 6.45) is -0.487. The van der Waals surface area contributed by atoms with Crippen LogP contribution in [0, 0.1) is 0 Å². The van der Waals surface area contributed by atoms with Crippen LogP contribution in [0.3, 0.4) is 0 Å². The molecule has 0 aliphatic heterocycles. The van der Waals surface area contributed by atoms with Gasteiger partial charge in [0, 0.05) is 11.9 Å². The number of nitrogens with one attached hydrogen (secondary N) is 1. The summed E-state index contributed by atoms with van der Waals surface area (Å²) >= 11 is 12.0. The first-order valence-corrected chi connectivity index (χ1v) is 10.3. The minimum absolute atomic E-state index is 0. The lowest BCUT2D eigenvalue weighted by molar-refractivity contribution is -0.136. The number of rotatable bonds is 7. The zero-order chi connectivity index (χ0) is 22.6. The predicted molar refractivity (Wildman–Crippen MR) is 128 cm³/mol. The van der Waals surface area contributed by atoms with E-state index >= 15 is 0 Å². The zero-order valence-corrected chi connectivity index (χ0v) is 18.5. The molecule has 0 saturated heterocycles. The van der Waals surface area contributed by atoms with Crippen LogP contribution in [0.1, 0.15) is 30.8 Å². The summed E-state index contributed by atoms with van der Waals surface area (Å²) in [4.78, 5) is 10.7. The van der Waals surface area contributed by atoms with Crippen LogP contribution in [-0.2, 0) is 6.18 Å². The topological polar surface area (TPSA) is 41.0 Å². The van der Waals surface area contributed by atoms with E-state index in [2.05, 4.69) is 15.3 Å². The van der Waals surface area contributed by atoms with Crippen LogP contribution in [0.4, 0.5) is 19.0 Å². The minimum Gasteiger partial charge on any atom is -0.369 e. The number of hydrogen-bond acceptors (Lipinski definition) is 4. The third-order valence-electron chi connectivity index (χ3n) is 4.49. The Bertz CT molecular complexity index is 1100. The number of alkyl halides is 3. The Balaban J connectivity index is 0.00000363. The van der Waals surface area contributed by atoms with Gasteiger partial charge in [0.2, 0.25) is 0 Å². The van der Waals surface area contributed by atoms with Crippen molar-refractivity contribution in [2.24, 2.45) is 0 Å². The second kappa shape index (κ2) is 11.0. The van der Waals surface area contributed by atoms with Gasteiger partial charge in [0.15, 0.2) is 5.82 Å². The molecule has 4 nitrogen and oxygen atoms in total. The van der Waals surface area contributed by atoms with Crippen molar-refractivity contribution in [2.45, 2.75) is 20.0 Å². The fourth-order valence-corrected chi connectivity index (χ4v) is 3.30. The number of aromatic nitrogens is 2. The van der Waals surface area contributed by atoms with Crippen LogP contribution in [0.15, 0.2) is 36.4 Å². The van der Waals surface area contributed by atoms with Crippen LogP contribution in [0.5, 0.6) is 0 Å². The second-order valence-electron chi connectivity index (χ2n) is 7.22. The lowest BCUT2D eigenvalue weighted by atomic mass is 10.1. The van der Waals surface area contributed by atoms with Gasteiger partial charge in [0.05, 0.1) is 21.1 Å². The molecule has 3 rings (SSSR count). The number of anilines is 1. The van der Waals surface area contributed by atoms with E-state index in [1.54, 1.807) is 36.4 Å². The van der Waals surface area contributed by atoms with Crippen molar-refractivity contribution in [1.82, 2.24) is 14.9 Å². The lowest BCUT2D eigenvalue weighted by Gasteiger charge is -2.14. The Hall–Kier alpha value is -2.35. The molecule has 0 saturated carbocycles. The molecule has 0 bridgehead atoms. The molecule has 32 heavy (non-hydrogen) atoms. The van der Waals surface area contributed by atoms with Crippen LogP contribution in [0.25, 0.3) is 23.1 Å². The van der Waals surface area contributed by atoms with Gasteiger partial charge in [-0.25, -0.2) is 9.97 Å².